The monoisotopic (exact) mass is 325 g/mol. The Morgan fingerprint density at radius 3 is 2.79 bits per heavy atom. The third-order valence-electron chi connectivity index (χ3n) is 3.98. The van der Waals surface area contributed by atoms with Crippen LogP contribution in [0.4, 0.5) is 5.95 Å². The summed E-state index contributed by atoms with van der Waals surface area (Å²) >= 11 is 0. The second kappa shape index (κ2) is 6.27. The number of aryl methyl sites for hydroxylation is 1. The van der Waals surface area contributed by atoms with E-state index in [1.54, 1.807) is 32.0 Å². The summed E-state index contributed by atoms with van der Waals surface area (Å²) in [6, 6.07) is 8.51. The van der Waals surface area contributed by atoms with E-state index in [1.165, 1.54) is 0 Å². The van der Waals surface area contributed by atoms with E-state index in [0.29, 0.717) is 18.2 Å². The Bertz CT molecular complexity index is 805. The minimum atomic E-state index is -0.708. The molecule has 0 saturated heterocycles. The fraction of sp³-hybridized carbons (Fsp3) is 0.294. The molecule has 2 N–H and O–H groups in total. The van der Waals surface area contributed by atoms with Gasteiger partial charge in [-0.05, 0) is 24.1 Å². The predicted octanol–water partition coefficient (Wildman–Crippen LogP) is 1.27. The molecule has 0 spiro atoms. The molecule has 2 amide bonds. The van der Waals surface area contributed by atoms with Crippen LogP contribution < -0.4 is 10.6 Å². The zero-order valence-corrected chi connectivity index (χ0v) is 13.8. The van der Waals surface area contributed by atoms with Crippen molar-refractivity contribution >= 4 is 17.8 Å². The molecule has 1 aromatic carbocycles. The molecule has 1 aromatic heterocycles. The van der Waals surface area contributed by atoms with Crippen LogP contribution in [0.15, 0.2) is 30.3 Å². The average Bonchev–Trinajstić information content (AvgIpc) is 2.58. The van der Waals surface area contributed by atoms with Gasteiger partial charge in [-0.1, -0.05) is 24.3 Å². The second-order valence-corrected chi connectivity index (χ2v) is 5.77. The topological polar surface area (TPSA) is 87.2 Å². The molecule has 7 nitrogen and oxygen atoms in total. The van der Waals surface area contributed by atoms with Gasteiger partial charge in [0.05, 0.1) is 0 Å². The minimum Gasteiger partial charge on any atom is -0.357 e. The number of aromatic nitrogens is 2. The van der Waals surface area contributed by atoms with E-state index < -0.39 is 11.9 Å². The number of nitrogens with zero attached hydrogens (tertiary/aromatic N) is 3. The molecule has 0 bridgehead atoms. The summed E-state index contributed by atoms with van der Waals surface area (Å²) in [4.78, 5) is 35.0. The lowest BCUT2D eigenvalue weighted by atomic mass is 9.95. The summed E-state index contributed by atoms with van der Waals surface area (Å²) in [6.07, 6.45) is 0. The van der Waals surface area contributed by atoms with Gasteiger partial charge in [-0.2, -0.15) is 0 Å². The summed E-state index contributed by atoms with van der Waals surface area (Å²) in [5.41, 5.74) is 2.76. The first-order valence-corrected chi connectivity index (χ1v) is 7.66. The Balaban J connectivity index is 1.91. The van der Waals surface area contributed by atoms with Crippen LogP contribution in [0.5, 0.6) is 0 Å². The van der Waals surface area contributed by atoms with Crippen molar-refractivity contribution in [2.24, 2.45) is 0 Å². The van der Waals surface area contributed by atoms with E-state index in [-0.39, 0.29) is 11.6 Å². The van der Waals surface area contributed by atoms with Crippen LogP contribution in [-0.2, 0) is 11.3 Å². The maximum Gasteiger partial charge on any atom is 0.270 e. The molecular weight excluding hydrogens is 306 g/mol. The zero-order valence-electron chi connectivity index (χ0n) is 13.8. The maximum atomic E-state index is 12.6. The Labute approximate surface area is 140 Å². The number of amides is 2. The maximum absolute atomic E-state index is 12.6. The van der Waals surface area contributed by atoms with Gasteiger partial charge in [-0.3, -0.25) is 9.59 Å². The van der Waals surface area contributed by atoms with Gasteiger partial charge < -0.3 is 15.5 Å². The van der Waals surface area contributed by atoms with E-state index in [4.69, 9.17) is 0 Å². The molecule has 1 aliphatic heterocycles. The molecule has 0 radical (unpaired) electrons. The highest BCUT2D eigenvalue weighted by molar-refractivity contribution is 5.97. The van der Waals surface area contributed by atoms with Crippen molar-refractivity contribution in [1.82, 2.24) is 20.2 Å². The highest BCUT2D eigenvalue weighted by Gasteiger charge is 2.32. The summed E-state index contributed by atoms with van der Waals surface area (Å²) in [7, 11) is 3.41. The molecule has 7 heteroatoms. The van der Waals surface area contributed by atoms with E-state index >= 15 is 0 Å². The molecule has 3 rings (SSSR count). The lowest BCUT2D eigenvalue weighted by Crippen LogP contribution is -2.45. The van der Waals surface area contributed by atoms with Crippen molar-refractivity contribution in [2.45, 2.75) is 19.5 Å². The fourth-order valence-corrected chi connectivity index (χ4v) is 2.79. The van der Waals surface area contributed by atoms with E-state index in [0.717, 1.165) is 11.1 Å². The molecule has 0 aliphatic carbocycles. The van der Waals surface area contributed by atoms with Crippen LogP contribution in [0.3, 0.4) is 0 Å². The first kappa shape index (κ1) is 15.9. The van der Waals surface area contributed by atoms with Gasteiger partial charge >= 0.3 is 0 Å². The number of nitrogens with one attached hydrogen (secondary N) is 2. The van der Waals surface area contributed by atoms with Crippen LogP contribution in [0.1, 0.15) is 33.4 Å². The number of carbonyl (C=O) groups excluding carboxylic acids is 2. The van der Waals surface area contributed by atoms with Crippen LogP contribution in [0, 0.1) is 6.92 Å². The number of carbonyl (C=O) groups is 2. The Morgan fingerprint density at radius 2 is 2.04 bits per heavy atom. The number of likely N-dealkylation sites (N-methyl/N-ethyl adjacent to an activating group) is 1. The van der Waals surface area contributed by atoms with Crippen molar-refractivity contribution in [3.8, 4) is 0 Å². The molecular formula is C17H19N5O2. The molecule has 24 heavy (non-hydrogen) atoms. The molecule has 0 saturated carbocycles. The number of rotatable bonds is 3. The van der Waals surface area contributed by atoms with Crippen LogP contribution >= 0.6 is 0 Å². The van der Waals surface area contributed by atoms with Gasteiger partial charge in [0.2, 0.25) is 11.9 Å². The van der Waals surface area contributed by atoms with Crippen molar-refractivity contribution in [3.63, 3.8) is 0 Å². The largest absolute Gasteiger partial charge is 0.357 e. The third-order valence-corrected chi connectivity index (χ3v) is 3.98. The predicted molar refractivity (Wildman–Crippen MR) is 89.4 cm³/mol. The number of fused-ring (bicyclic) bond motifs is 1. The fourth-order valence-electron chi connectivity index (χ4n) is 2.79. The summed E-state index contributed by atoms with van der Waals surface area (Å²) in [6.45, 7) is 2.33. The quantitative estimate of drug-likeness (QED) is 0.887. The smallest absolute Gasteiger partial charge is 0.270 e. The van der Waals surface area contributed by atoms with Gasteiger partial charge in [0.25, 0.3) is 5.91 Å². The molecule has 124 valence electrons. The summed E-state index contributed by atoms with van der Waals surface area (Å²) in [5, 5.41) is 5.62. The number of anilines is 1. The number of benzene rings is 1. The van der Waals surface area contributed by atoms with Gasteiger partial charge in [0.1, 0.15) is 11.7 Å². The Hall–Kier alpha value is -2.96. The summed E-state index contributed by atoms with van der Waals surface area (Å²) in [5.74, 6) is -0.172. The van der Waals surface area contributed by atoms with Crippen molar-refractivity contribution in [2.75, 3.05) is 19.4 Å². The zero-order chi connectivity index (χ0) is 17.3. The normalized spacial score (nSPS) is 16.5. The summed E-state index contributed by atoms with van der Waals surface area (Å²) < 4.78 is 0. The van der Waals surface area contributed by atoms with Crippen LogP contribution in [0.2, 0.25) is 0 Å². The van der Waals surface area contributed by atoms with E-state index in [2.05, 4.69) is 20.6 Å². The number of hydrogen-bond donors (Lipinski definition) is 2. The van der Waals surface area contributed by atoms with E-state index in [9.17, 15) is 9.59 Å². The second-order valence-electron chi connectivity index (χ2n) is 5.77. The van der Waals surface area contributed by atoms with Gasteiger partial charge in [-0.15, -0.1) is 0 Å². The van der Waals surface area contributed by atoms with Gasteiger partial charge in [0, 0.05) is 26.3 Å². The van der Waals surface area contributed by atoms with Crippen molar-refractivity contribution in [3.05, 3.63) is 52.8 Å². The first-order valence-electron chi connectivity index (χ1n) is 7.66. The molecule has 1 atom stereocenters. The standard InChI is InChI=1S/C17H19N5O2/c1-10-8-13(20-17(18-2)19-10)15(23)21-14-12-7-5-4-6-11(12)9-22(3)16(14)24/h4-8,14H,9H2,1-3H3,(H,21,23)(H,18,19,20). The highest BCUT2D eigenvalue weighted by Crippen LogP contribution is 2.26. The first-order chi connectivity index (χ1) is 11.5. The molecule has 2 heterocycles. The molecule has 0 fully saturated rings. The minimum absolute atomic E-state index is 0.137. The van der Waals surface area contributed by atoms with Crippen molar-refractivity contribution < 1.29 is 9.59 Å². The third kappa shape index (κ3) is 2.92. The lowest BCUT2D eigenvalue weighted by molar-refractivity contribution is -0.133. The highest BCUT2D eigenvalue weighted by atomic mass is 16.2. The van der Waals surface area contributed by atoms with Gasteiger partial charge in [0.15, 0.2) is 0 Å². The van der Waals surface area contributed by atoms with Crippen LogP contribution in [0.25, 0.3) is 0 Å². The average molecular weight is 325 g/mol. The Kier molecular flexibility index (Phi) is 4.16. The molecule has 1 aliphatic rings. The van der Waals surface area contributed by atoms with Crippen LogP contribution in [-0.4, -0.2) is 40.8 Å². The van der Waals surface area contributed by atoms with Crippen molar-refractivity contribution in [1.29, 1.82) is 0 Å². The molecule has 2 aromatic rings. The van der Waals surface area contributed by atoms with E-state index in [1.807, 2.05) is 24.3 Å². The SMILES string of the molecule is CNc1nc(C)cc(C(=O)NC2C(=O)N(C)Cc3ccccc32)n1. The number of hydrogen-bond acceptors (Lipinski definition) is 5. The molecule has 1 unspecified atom stereocenters. The Morgan fingerprint density at radius 1 is 1.29 bits per heavy atom. The lowest BCUT2D eigenvalue weighted by Gasteiger charge is -2.32. The van der Waals surface area contributed by atoms with Gasteiger partial charge in [-0.25, -0.2) is 9.97 Å².